The minimum Gasteiger partial charge on any atom is -0.327 e. The standard InChI is InChI=1S/C16H23BrFN/c17-16-13(9-6-10-14(16)18)11-15(19)12-7-4-2-1-3-5-8-12/h6,9-10,12,15H,1-5,7-8,11,19H2. The highest BCUT2D eigenvalue weighted by atomic mass is 79.9. The van der Waals surface area contributed by atoms with Crippen LogP contribution < -0.4 is 5.73 Å². The number of hydrogen-bond donors (Lipinski definition) is 1. The van der Waals surface area contributed by atoms with Crippen LogP contribution in [0.4, 0.5) is 4.39 Å². The van der Waals surface area contributed by atoms with E-state index < -0.39 is 0 Å². The maximum atomic E-state index is 13.5. The minimum absolute atomic E-state index is 0.149. The van der Waals surface area contributed by atoms with Crippen molar-refractivity contribution in [2.45, 2.75) is 57.4 Å². The molecule has 1 aliphatic carbocycles. The lowest BCUT2D eigenvalue weighted by molar-refractivity contribution is 0.321. The van der Waals surface area contributed by atoms with Gasteiger partial charge in [0, 0.05) is 6.04 Å². The Kier molecular flexibility index (Phi) is 5.83. The third-order valence-electron chi connectivity index (χ3n) is 4.24. The van der Waals surface area contributed by atoms with Crippen LogP contribution in [0.5, 0.6) is 0 Å². The lowest BCUT2D eigenvalue weighted by atomic mass is 9.84. The molecule has 0 bridgehead atoms. The van der Waals surface area contributed by atoms with Gasteiger partial charge in [0.1, 0.15) is 5.82 Å². The Morgan fingerprint density at radius 2 is 1.79 bits per heavy atom. The summed E-state index contributed by atoms with van der Waals surface area (Å²) in [6, 6.07) is 5.36. The SMILES string of the molecule is NC(Cc1cccc(F)c1Br)C1CCCCCCC1. The third kappa shape index (κ3) is 4.28. The lowest BCUT2D eigenvalue weighted by Gasteiger charge is -2.26. The maximum absolute atomic E-state index is 13.5. The Labute approximate surface area is 123 Å². The van der Waals surface area contributed by atoms with Crippen LogP contribution in [-0.4, -0.2) is 6.04 Å². The molecule has 0 aliphatic heterocycles. The molecule has 1 atom stereocenters. The van der Waals surface area contributed by atoms with E-state index in [1.54, 1.807) is 6.07 Å². The monoisotopic (exact) mass is 327 g/mol. The molecule has 0 radical (unpaired) electrons. The average Bonchev–Trinajstić information content (AvgIpc) is 2.34. The molecule has 0 heterocycles. The molecule has 1 aliphatic rings. The second-order valence-electron chi connectivity index (χ2n) is 5.69. The Morgan fingerprint density at radius 3 is 2.47 bits per heavy atom. The summed E-state index contributed by atoms with van der Waals surface area (Å²) in [6.07, 6.45) is 9.87. The molecule has 1 aromatic carbocycles. The van der Waals surface area contributed by atoms with Gasteiger partial charge in [-0.25, -0.2) is 4.39 Å². The van der Waals surface area contributed by atoms with Crippen molar-refractivity contribution >= 4 is 15.9 Å². The fourth-order valence-corrected chi connectivity index (χ4v) is 3.47. The summed E-state index contributed by atoms with van der Waals surface area (Å²) in [5.41, 5.74) is 7.37. The molecule has 2 N–H and O–H groups in total. The van der Waals surface area contributed by atoms with E-state index in [2.05, 4.69) is 15.9 Å². The molecule has 0 spiro atoms. The maximum Gasteiger partial charge on any atom is 0.137 e. The van der Waals surface area contributed by atoms with E-state index in [4.69, 9.17) is 5.73 Å². The Balaban J connectivity index is 1.98. The lowest BCUT2D eigenvalue weighted by Crippen LogP contribution is -2.33. The van der Waals surface area contributed by atoms with Crippen molar-refractivity contribution in [3.63, 3.8) is 0 Å². The van der Waals surface area contributed by atoms with E-state index in [1.807, 2.05) is 6.07 Å². The van der Waals surface area contributed by atoms with Gasteiger partial charge in [-0.05, 0) is 52.7 Å². The van der Waals surface area contributed by atoms with Gasteiger partial charge in [0.2, 0.25) is 0 Å². The number of nitrogens with two attached hydrogens (primary N) is 1. The highest BCUT2D eigenvalue weighted by Crippen LogP contribution is 2.28. The zero-order chi connectivity index (χ0) is 13.7. The van der Waals surface area contributed by atoms with Crippen molar-refractivity contribution in [3.8, 4) is 0 Å². The van der Waals surface area contributed by atoms with Gasteiger partial charge < -0.3 is 5.73 Å². The zero-order valence-corrected chi connectivity index (χ0v) is 13.0. The summed E-state index contributed by atoms with van der Waals surface area (Å²) >= 11 is 3.33. The Bertz CT molecular complexity index is 400. The van der Waals surface area contributed by atoms with Gasteiger partial charge in [0.05, 0.1) is 4.47 Å². The quantitative estimate of drug-likeness (QED) is 0.846. The summed E-state index contributed by atoms with van der Waals surface area (Å²) in [7, 11) is 0. The fourth-order valence-electron chi connectivity index (χ4n) is 3.04. The summed E-state index contributed by atoms with van der Waals surface area (Å²) in [5, 5.41) is 0. The smallest absolute Gasteiger partial charge is 0.137 e. The summed E-state index contributed by atoms with van der Waals surface area (Å²) in [4.78, 5) is 0. The van der Waals surface area contributed by atoms with Gasteiger partial charge in [-0.2, -0.15) is 0 Å². The topological polar surface area (TPSA) is 26.0 Å². The third-order valence-corrected chi connectivity index (χ3v) is 5.13. The first-order chi connectivity index (χ1) is 9.18. The van der Waals surface area contributed by atoms with Gasteiger partial charge in [-0.3, -0.25) is 0 Å². The van der Waals surface area contributed by atoms with Gasteiger partial charge >= 0.3 is 0 Å². The van der Waals surface area contributed by atoms with Crippen LogP contribution in [0, 0.1) is 11.7 Å². The largest absolute Gasteiger partial charge is 0.327 e. The molecule has 19 heavy (non-hydrogen) atoms. The molecule has 1 aromatic rings. The van der Waals surface area contributed by atoms with Crippen molar-refractivity contribution < 1.29 is 4.39 Å². The molecule has 0 aromatic heterocycles. The zero-order valence-electron chi connectivity index (χ0n) is 11.4. The molecule has 0 amide bonds. The molecule has 0 saturated heterocycles. The molecular formula is C16H23BrFN. The predicted molar refractivity (Wildman–Crippen MR) is 81.6 cm³/mol. The molecule has 3 heteroatoms. The van der Waals surface area contributed by atoms with E-state index in [0.29, 0.717) is 10.4 Å². The second kappa shape index (κ2) is 7.39. The van der Waals surface area contributed by atoms with Crippen molar-refractivity contribution in [2.24, 2.45) is 11.7 Å². The van der Waals surface area contributed by atoms with E-state index in [-0.39, 0.29) is 11.9 Å². The number of halogens is 2. The molecule has 106 valence electrons. The van der Waals surface area contributed by atoms with Crippen LogP contribution >= 0.6 is 15.9 Å². The van der Waals surface area contributed by atoms with E-state index in [1.165, 1.54) is 51.0 Å². The van der Waals surface area contributed by atoms with Crippen molar-refractivity contribution in [1.82, 2.24) is 0 Å². The summed E-state index contributed by atoms with van der Waals surface area (Å²) in [5.74, 6) is 0.401. The first-order valence-electron chi connectivity index (χ1n) is 7.37. The van der Waals surface area contributed by atoms with Crippen LogP contribution in [0.2, 0.25) is 0 Å². The van der Waals surface area contributed by atoms with Gasteiger partial charge in [-0.1, -0.05) is 44.2 Å². The average molecular weight is 328 g/mol. The summed E-state index contributed by atoms with van der Waals surface area (Å²) < 4.78 is 14.1. The van der Waals surface area contributed by atoms with Crippen molar-refractivity contribution in [1.29, 1.82) is 0 Å². The van der Waals surface area contributed by atoms with E-state index >= 15 is 0 Å². The molecule has 1 unspecified atom stereocenters. The molecule has 1 fully saturated rings. The number of rotatable bonds is 3. The van der Waals surface area contributed by atoms with Gasteiger partial charge in [0.15, 0.2) is 0 Å². The first-order valence-corrected chi connectivity index (χ1v) is 8.16. The number of hydrogen-bond acceptors (Lipinski definition) is 1. The molecule has 2 rings (SSSR count). The normalized spacial score (nSPS) is 19.7. The van der Waals surface area contributed by atoms with Crippen LogP contribution in [0.25, 0.3) is 0 Å². The molecular weight excluding hydrogens is 305 g/mol. The van der Waals surface area contributed by atoms with Crippen LogP contribution in [0.15, 0.2) is 22.7 Å². The van der Waals surface area contributed by atoms with Crippen LogP contribution in [0.1, 0.15) is 50.5 Å². The minimum atomic E-state index is -0.192. The molecule has 1 nitrogen and oxygen atoms in total. The predicted octanol–water partition coefficient (Wildman–Crippen LogP) is 4.82. The number of benzene rings is 1. The second-order valence-corrected chi connectivity index (χ2v) is 6.48. The molecule has 1 saturated carbocycles. The fraction of sp³-hybridized carbons (Fsp3) is 0.625. The van der Waals surface area contributed by atoms with Gasteiger partial charge in [0.25, 0.3) is 0 Å². The van der Waals surface area contributed by atoms with Gasteiger partial charge in [-0.15, -0.1) is 0 Å². The van der Waals surface area contributed by atoms with Crippen LogP contribution in [-0.2, 0) is 6.42 Å². The summed E-state index contributed by atoms with van der Waals surface area (Å²) in [6.45, 7) is 0. The van der Waals surface area contributed by atoms with E-state index in [0.717, 1.165) is 12.0 Å². The van der Waals surface area contributed by atoms with Crippen molar-refractivity contribution in [3.05, 3.63) is 34.1 Å². The van der Waals surface area contributed by atoms with Crippen molar-refractivity contribution in [2.75, 3.05) is 0 Å². The highest BCUT2D eigenvalue weighted by Gasteiger charge is 2.20. The van der Waals surface area contributed by atoms with Crippen LogP contribution in [0.3, 0.4) is 0 Å². The highest BCUT2D eigenvalue weighted by molar-refractivity contribution is 9.10. The Hall–Kier alpha value is -0.410. The first kappa shape index (κ1) is 15.0. The Morgan fingerprint density at radius 1 is 1.16 bits per heavy atom. The van der Waals surface area contributed by atoms with E-state index in [9.17, 15) is 4.39 Å².